The number of rotatable bonds is 6. The Balaban J connectivity index is 1.31. The second-order valence-corrected chi connectivity index (χ2v) is 6.88. The van der Waals surface area contributed by atoms with Crippen LogP contribution in [0.3, 0.4) is 0 Å². The summed E-state index contributed by atoms with van der Waals surface area (Å²) in [5.41, 5.74) is 2.71. The molecular formula is C19H18N4O3S. The highest BCUT2D eigenvalue weighted by Gasteiger charge is 2.14. The fourth-order valence-corrected chi connectivity index (χ4v) is 3.39. The summed E-state index contributed by atoms with van der Waals surface area (Å²) in [4.78, 5) is 16.6. The fraction of sp³-hybridized carbons (Fsp3) is 0.158. The molecule has 3 N–H and O–H groups in total. The van der Waals surface area contributed by atoms with Gasteiger partial charge in [0.2, 0.25) is 12.7 Å². The zero-order valence-electron chi connectivity index (χ0n) is 14.4. The molecule has 0 bridgehead atoms. The lowest BCUT2D eigenvalue weighted by Crippen LogP contribution is -2.24. The lowest BCUT2D eigenvalue weighted by molar-refractivity contribution is -0.118. The molecular weight excluding hydrogens is 364 g/mol. The molecule has 3 aromatic rings. The van der Waals surface area contributed by atoms with Crippen LogP contribution in [0.25, 0.3) is 11.3 Å². The van der Waals surface area contributed by atoms with Crippen LogP contribution in [0.15, 0.2) is 59.9 Å². The van der Waals surface area contributed by atoms with Crippen molar-refractivity contribution in [1.82, 2.24) is 15.0 Å². The number of carbonyl (C=O) groups is 1. The molecule has 2 aromatic carbocycles. The topological polar surface area (TPSA) is 91.4 Å². The Morgan fingerprint density at radius 1 is 1.19 bits per heavy atom. The van der Waals surface area contributed by atoms with E-state index >= 15 is 0 Å². The van der Waals surface area contributed by atoms with E-state index in [1.807, 2.05) is 48.5 Å². The number of nitrogen functional groups attached to an aromatic ring is 1. The molecule has 2 heterocycles. The minimum atomic E-state index is -0.0954. The van der Waals surface area contributed by atoms with Crippen LogP contribution in [-0.4, -0.2) is 28.1 Å². The first-order valence-electron chi connectivity index (χ1n) is 8.37. The average molecular weight is 382 g/mol. The van der Waals surface area contributed by atoms with Gasteiger partial charge in [0.25, 0.3) is 0 Å². The van der Waals surface area contributed by atoms with Crippen molar-refractivity contribution in [2.45, 2.75) is 11.7 Å². The van der Waals surface area contributed by atoms with Crippen molar-refractivity contribution in [3.63, 3.8) is 0 Å². The summed E-state index contributed by atoms with van der Waals surface area (Å²) >= 11 is 1.30. The van der Waals surface area contributed by atoms with E-state index in [9.17, 15) is 4.79 Å². The van der Waals surface area contributed by atoms with Crippen LogP contribution < -0.4 is 20.6 Å². The van der Waals surface area contributed by atoms with Crippen molar-refractivity contribution < 1.29 is 14.3 Å². The summed E-state index contributed by atoms with van der Waals surface area (Å²) < 4.78 is 12.1. The molecule has 0 spiro atoms. The Bertz CT molecular complexity index is 959. The monoisotopic (exact) mass is 382 g/mol. The number of aromatic nitrogens is 2. The Labute approximate surface area is 160 Å². The smallest absolute Gasteiger partial charge is 0.231 e. The summed E-state index contributed by atoms with van der Waals surface area (Å²) in [6.45, 7) is 0.654. The average Bonchev–Trinajstić information content (AvgIpc) is 3.31. The molecule has 0 radical (unpaired) electrons. The van der Waals surface area contributed by atoms with Crippen molar-refractivity contribution in [3.05, 3.63) is 60.3 Å². The minimum absolute atomic E-state index is 0.0954. The fourth-order valence-electron chi connectivity index (χ4n) is 2.66. The number of hydrogen-bond donors (Lipinski definition) is 2. The molecule has 0 saturated heterocycles. The molecule has 8 heteroatoms. The predicted molar refractivity (Wildman–Crippen MR) is 103 cm³/mol. The molecule has 1 aliphatic heterocycles. The Morgan fingerprint density at radius 2 is 2.00 bits per heavy atom. The molecule has 1 aromatic heterocycles. The number of carbonyl (C=O) groups excluding carboxylic acids is 1. The van der Waals surface area contributed by atoms with Crippen molar-refractivity contribution in [1.29, 1.82) is 0 Å². The number of nitrogens with two attached hydrogens (primary N) is 1. The van der Waals surface area contributed by atoms with Gasteiger partial charge in [0.1, 0.15) is 0 Å². The van der Waals surface area contributed by atoms with Gasteiger partial charge in [-0.05, 0) is 17.7 Å². The van der Waals surface area contributed by atoms with E-state index in [2.05, 4.69) is 10.3 Å². The highest BCUT2D eigenvalue weighted by molar-refractivity contribution is 7.99. The molecule has 4 rings (SSSR count). The summed E-state index contributed by atoms with van der Waals surface area (Å²) in [5.74, 6) is 7.52. The second-order valence-electron chi connectivity index (χ2n) is 5.94. The van der Waals surface area contributed by atoms with Gasteiger partial charge >= 0.3 is 0 Å². The number of ether oxygens (including phenoxy) is 2. The number of benzene rings is 2. The van der Waals surface area contributed by atoms with Crippen LogP contribution in [0.4, 0.5) is 0 Å². The standard InChI is InChI=1S/C19H18N4O3S/c20-23-10-15(14-4-2-1-3-5-14)22-19(23)27-11-18(24)21-9-13-6-7-16-17(8-13)26-12-25-16/h1-8,10H,9,11-12,20H2,(H,21,24). The minimum Gasteiger partial charge on any atom is -0.454 e. The van der Waals surface area contributed by atoms with E-state index in [0.717, 1.165) is 22.6 Å². The van der Waals surface area contributed by atoms with Crippen LogP contribution in [0, 0.1) is 0 Å². The molecule has 0 atom stereocenters. The highest BCUT2D eigenvalue weighted by Crippen LogP contribution is 2.32. The van der Waals surface area contributed by atoms with E-state index in [1.165, 1.54) is 16.4 Å². The highest BCUT2D eigenvalue weighted by atomic mass is 32.2. The molecule has 0 unspecified atom stereocenters. The van der Waals surface area contributed by atoms with E-state index in [4.69, 9.17) is 15.3 Å². The van der Waals surface area contributed by atoms with Gasteiger partial charge in [-0.25, -0.2) is 9.66 Å². The quantitative estimate of drug-likeness (QED) is 0.502. The second kappa shape index (κ2) is 7.63. The first-order valence-corrected chi connectivity index (χ1v) is 9.35. The lowest BCUT2D eigenvalue weighted by atomic mass is 10.2. The van der Waals surface area contributed by atoms with E-state index in [1.54, 1.807) is 6.20 Å². The molecule has 1 aliphatic rings. The molecule has 7 nitrogen and oxygen atoms in total. The number of fused-ring (bicyclic) bond motifs is 1. The summed E-state index contributed by atoms with van der Waals surface area (Å²) in [6.07, 6.45) is 1.75. The van der Waals surface area contributed by atoms with Gasteiger partial charge in [-0.3, -0.25) is 4.79 Å². The SMILES string of the molecule is Nn1cc(-c2ccccc2)nc1SCC(=O)NCc1ccc2c(c1)OCO2. The number of amides is 1. The van der Waals surface area contributed by atoms with E-state index in [0.29, 0.717) is 17.5 Å². The van der Waals surface area contributed by atoms with Gasteiger partial charge in [-0.15, -0.1) is 0 Å². The summed E-state index contributed by atoms with van der Waals surface area (Å²) in [6, 6.07) is 15.4. The number of imidazole rings is 1. The molecule has 138 valence electrons. The molecule has 27 heavy (non-hydrogen) atoms. The lowest BCUT2D eigenvalue weighted by Gasteiger charge is -2.06. The van der Waals surface area contributed by atoms with Gasteiger partial charge in [0.15, 0.2) is 16.7 Å². The van der Waals surface area contributed by atoms with Crippen LogP contribution in [0.5, 0.6) is 11.5 Å². The van der Waals surface area contributed by atoms with Gasteiger partial charge in [-0.2, -0.15) is 0 Å². The maximum atomic E-state index is 12.1. The molecule has 0 saturated carbocycles. The largest absolute Gasteiger partial charge is 0.454 e. The maximum absolute atomic E-state index is 12.1. The molecule has 1 amide bonds. The first kappa shape index (κ1) is 17.3. The van der Waals surface area contributed by atoms with Crippen molar-refractivity contribution >= 4 is 17.7 Å². The third-order valence-electron chi connectivity index (χ3n) is 4.03. The van der Waals surface area contributed by atoms with Crippen LogP contribution in [0.2, 0.25) is 0 Å². The normalized spacial score (nSPS) is 12.1. The Morgan fingerprint density at radius 3 is 2.85 bits per heavy atom. The zero-order chi connectivity index (χ0) is 18.6. The van der Waals surface area contributed by atoms with Crippen molar-refractivity contribution in [2.75, 3.05) is 18.4 Å². The first-order chi connectivity index (χ1) is 13.2. The van der Waals surface area contributed by atoms with Crippen molar-refractivity contribution in [3.8, 4) is 22.8 Å². The number of thioether (sulfide) groups is 1. The van der Waals surface area contributed by atoms with Gasteiger partial charge in [0.05, 0.1) is 17.6 Å². The zero-order valence-corrected chi connectivity index (χ0v) is 15.2. The summed E-state index contributed by atoms with van der Waals surface area (Å²) in [7, 11) is 0. The van der Waals surface area contributed by atoms with Crippen LogP contribution in [0.1, 0.15) is 5.56 Å². The molecule has 0 fully saturated rings. The molecule has 0 aliphatic carbocycles. The summed E-state index contributed by atoms with van der Waals surface area (Å²) in [5, 5.41) is 3.47. The van der Waals surface area contributed by atoms with E-state index < -0.39 is 0 Å². The van der Waals surface area contributed by atoms with Crippen LogP contribution in [-0.2, 0) is 11.3 Å². The van der Waals surface area contributed by atoms with E-state index in [-0.39, 0.29) is 18.5 Å². The van der Waals surface area contributed by atoms with Gasteiger partial charge < -0.3 is 20.6 Å². The van der Waals surface area contributed by atoms with Gasteiger partial charge in [0, 0.05) is 12.1 Å². The maximum Gasteiger partial charge on any atom is 0.231 e. The number of nitrogens with zero attached hydrogens (tertiary/aromatic N) is 2. The predicted octanol–water partition coefficient (Wildman–Crippen LogP) is 2.40. The third kappa shape index (κ3) is 4.01. The Hall–Kier alpha value is -3.13. The van der Waals surface area contributed by atoms with Gasteiger partial charge in [-0.1, -0.05) is 48.2 Å². The van der Waals surface area contributed by atoms with Crippen molar-refractivity contribution in [2.24, 2.45) is 0 Å². The Kier molecular flexibility index (Phi) is 4.88. The van der Waals surface area contributed by atoms with Crippen LogP contribution >= 0.6 is 11.8 Å². The number of nitrogens with one attached hydrogen (secondary N) is 1. The third-order valence-corrected chi connectivity index (χ3v) is 4.99. The number of hydrogen-bond acceptors (Lipinski definition) is 6.